The van der Waals surface area contributed by atoms with Gasteiger partial charge < -0.3 is 10.4 Å². The Morgan fingerprint density at radius 1 is 1.31 bits per heavy atom. The fraction of sp³-hybridized carbons (Fsp3) is 0.571. The third-order valence-electron chi connectivity index (χ3n) is 3.98. The van der Waals surface area contributed by atoms with Crippen molar-refractivity contribution in [1.82, 2.24) is 5.32 Å². The highest BCUT2D eigenvalue weighted by Crippen LogP contribution is 2.29. The minimum absolute atomic E-state index is 0.502. The summed E-state index contributed by atoms with van der Waals surface area (Å²) in [6.45, 7) is 1.70. The van der Waals surface area contributed by atoms with Gasteiger partial charge in [0, 0.05) is 13.0 Å². The van der Waals surface area contributed by atoms with E-state index in [2.05, 4.69) is 23.5 Å². The van der Waals surface area contributed by atoms with Crippen molar-refractivity contribution in [3.8, 4) is 0 Å². The number of aryl methyl sites for hydroxylation is 1. The fourth-order valence-electron chi connectivity index (χ4n) is 3.10. The first-order valence-electron chi connectivity index (χ1n) is 6.30. The van der Waals surface area contributed by atoms with Crippen molar-refractivity contribution in [2.24, 2.45) is 0 Å². The van der Waals surface area contributed by atoms with Crippen LogP contribution in [0.1, 0.15) is 29.5 Å². The first kappa shape index (κ1) is 10.3. The molecule has 1 aliphatic heterocycles. The molecule has 1 aromatic rings. The number of hydrogen-bond donors (Lipinski definition) is 2. The molecule has 1 fully saturated rings. The molecule has 1 aliphatic carbocycles. The molecule has 86 valence electrons. The van der Waals surface area contributed by atoms with Gasteiger partial charge in [-0.05, 0) is 48.9 Å². The zero-order chi connectivity index (χ0) is 11.0. The number of aliphatic hydroxyl groups is 1. The van der Waals surface area contributed by atoms with Crippen molar-refractivity contribution in [2.75, 3.05) is 13.1 Å². The molecule has 2 heteroatoms. The fourth-order valence-corrected chi connectivity index (χ4v) is 3.10. The molecule has 2 nitrogen and oxygen atoms in total. The van der Waals surface area contributed by atoms with Gasteiger partial charge in [-0.15, -0.1) is 0 Å². The molecule has 2 aliphatic rings. The average molecular weight is 217 g/mol. The Morgan fingerprint density at radius 2 is 2.25 bits per heavy atom. The molecule has 1 atom stereocenters. The summed E-state index contributed by atoms with van der Waals surface area (Å²) in [5.41, 5.74) is 3.90. The summed E-state index contributed by atoms with van der Waals surface area (Å²) in [4.78, 5) is 0. The molecule has 1 heterocycles. The van der Waals surface area contributed by atoms with Crippen LogP contribution in [0.15, 0.2) is 18.2 Å². The first-order chi connectivity index (χ1) is 7.77. The molecular weight excluding hydrogens is 198 g/mol. The Labute approximate surface area is 96.7 Å². The molecule has 1 aromatic carbocycles. The second-order valence-electron chi connectivity index (χ2n) is 5.24. The SMILES string of the molecule is OC1(Cc2cccc3c2CCC3)CCNC1. The minimum Gasteiger partial charge on any atom is -0.388 e. The van der Waals surface area contributed by atoms with Crippen molar-refractivity contribution in [2.45, 2.75) is 37.7 Å². The van der Waals surface area contributed by atoms with Crippen LogP contribution >= 0.6 is 0 Å². The van der Waals surface area contributed by atoms with Crippen LogP contribution in [0.3, 0.4) is 0 Å². The van der Waals surface area contributed by atoms with Crippen LogP contribution in [0.4, 0.5) is 0 Å². The van der Waals surface area contributed by atoms with E-state index in [4.69, 9.17) is 0 Å². The maximum Gasteiger partial charge on any atom is 0.0823 e. The van der Waals surface area contributed by atoms with Gasteiger partial charge in [0.2, 0.25) is 0 Å². The highest BCUT2D eigenvalue weighted by Gasteiger charge is 2.32. The van der Waals surface area contributed by atoms with E-state index in [0.29, 0.717) is 0 Å². The Kier molecular flexibility index (Phi) is 2.49. The van der Waals surface area contributed by atoms with E-state index < -0.39 is 5.60 Å². The number of benzene rings is 1. The zero-order valence-electron chi connectivity index (χ0n) is 9.63. The van der Waals surface area contributed by atoms with Gasteiger partial charge in [0.05, 0.1) is 5.60 Å². The quantitative estimate of drug-likeness (QED) is 0.785. The summed E-state index contributed by atoms with van der Waals surface area (Å²) in [6.07, 6.45) is 5.41. The summed E-state index contributed by atoms with van der Waals surface area (Å²) in [6, 6.07) is 6.58. The molecule has 2 N–H and O–H groups in total. The standard InChI is InChI=1S/C14H19NO/c16-14(7-8-15-10-14)9-12-5-1-3-11-4-2-6-13(11)12/h1,3,5,15-16H,2,4,6-10H2. The Hall–Kier alpha value is -0.860. The van der Waals surface area contributed by atoms with E-state index in [0.717, 1.165) is 25.9 Å². The Morgan fingerprint density at radius 3 is 3.06 bits per heavy atom. The van der Waals surface area contributed by atoms with Gasteiger partial charge in [0.15, 0.2) is 0 Å². The summed E-state index contributed by atoms with van der Waals surface area (Å²) in [5.74, 6) is 0. The lowest BCUT2D eigenvalue weighted by Gasteiger charge is -2.22. The molecule has 0 saturated carbocycles. The molecule has 1 unspecified atom stereocenters. The highest BCUT2D eigenvalue weighted by molar-refractivity contribution is 5.39. The zero-order valence-corrected chi connectivity index (χ0v) is 9.63. The van der Waals surface area contributed by atoms with Gasteiger partial charge in [0.1, 0.15) is 0 Å². The summed E-state index contributed by atoms with van der Waals surface area (Å²) in [7, 11) is 0. The maximum atomic E-state index is 10.4. The van der Waals surface area contributed by atoms with Gasteiger partial charge in [-0.1, -0.05) is 18.2 Å². The molecule has 0 radical (unpaired) electrons. The lowest BCUT2D eigenvalue weighted by atomic mass is 9.90. The minimum atomic E-state index is -0.502. The van der Waals surface area contributed by atoms with E-state index in [1.54, 1.807) is 0 Å². The molecule has 16 heavy (non-hydrogen) atoms. The topological polar surface area (TPSA) is 32.3 Å². The average Bonchev–Trinajstić information content (AvgIpc) is 2.87. The number of β-amino-alcohol motifs (C(OH)–C–C–N with tert-alkyl or cyclic N) is 1. The summed E-state index contributed by atoms with van der Waals surface area (Å²) in [5, 5.41) is 13.7. The third-order valence-corrected chi connectivity index (χ3v) is 3.98. The Bertz CT molecular complexity index is 394. The monoisotopic (exact) mass is 217 g/mol. The largest absolute Gasteiger partial charge is 0.388 e. The summed E-state index contributed by atoms with van der Waals surface area (Å²) >= 11 is 0. The molecule has 0 amide bonds. The van der Waals surface area contributed by atoms with Crippen LogP contribution in [-0.2, 0) is 19.3 Å². The van der Waals surface area contributed by atoms with Crippen molar-refractivity contribution >= 4 is 0 Å². The highest BCUT2D eigenvalue weighted by atomic mass is 16.3. The second-order valence-corrected chi connectivity index (χ2v) is 5.24. The van der Waals surface area contributed by atoms with Crippen LogP contribution in [0.2, 0.25) is 0 Å². The van der Waals surface area contributed by atoms with Crippen LogP contribution in [-0.4, -0.2) is 23.8 Å². The molecule has 0 spiro atoms. The van der Waals surface area contributed by atoms with Crippen LogP contribution in [0, 0.1) is 0 Å². The predicted molar refractivity (Wildman–Crippen MR) is 64.6 cm³/mol. The molecule has 0 bridgehead atoms. The Balaban J connectivity index is 1.87. The van der Waals surface area contributed by atoms with Crippen LogP contribution < -0.4 is 5.32 Å². The third kappa shape index (κ3) is 1.76. The van der Waals surface area contributed by atoms with Gasteiger partial charge >= 0.3 is 0 Å². The summed E-state index contributed by atoms with van der Waals surface area (Å²) < 4.78 is 0. The van der Waals surface area contributed by atoms with Gasteiger partial charge in [-0.3, -0.25) is 0 Å². The van der Waals surface area contributed by atoms with E-state index in [1.807, 2.05) is 0 Å². The normalized spacial score (nSPS) is 28.3. The van der Waals surface area contributed by atoms with Crippen LogP contribution in [0.25, 0.3) is 0 Å². The van der Waals surface area contributed by atoms with Crippen molar-refractivity contribution in [3.05, 3.63) is 34.9 Å². The molecule has 3 rings (SSSR count). The number of rotatable bonds is 2. The van der Waals surface area contributed by atoms with Gasteiger partial charge in [-0.25, -0.2) is 0 Å². The molecule has 1 saturated heterocycles. The molecular formula is C14H19NO. The predicted octanol–water partition coefficient (Wildman–Crippen LogP) is 1.44. The number of fused-ring (bicyclic) bond motifs is 1. The molecule has 0 aromatic heterocycles. The number of hydrogen-bond acceptors (Lipinski definition) is 2. The van der Waals surface area contributed by atoms with Crippen molar-refractivity contribution in [1.29, 1.82) is 0 Å². The maximum absolute atomic E-state index is 10.4. The van der Waals surface area contributed by atoms with Crippen molar-refractivity contribution in [3.63, 3.8) is 0 Å². The van der Waals surface area contributed by atoms with E-state index in [1.165, 1.54) is 36.0 Å². The smallest absolute Gasteiger partial charge is 0.0823 e. The van der Waals surface area contributed by atoms with E-state index >= 15 is 0 Å². The first-order valence-corrected chi connectivity index (χ1v) is 6.30. The van der Waals surface area contributed by atoms with E-state index in [-0.39, 0.29) is 0 Å². The van der Waals surface area contributed by atoms with Crippen LogP contribution in [0.5, 0.6) is 0 Å². The lowest BCUT2D eigenvalue weighted by molar-refractivity contribution is 0.0617. The van der Waals surface area contributed by atoms with E-state index in [9.17, 15) is 5.11 Å². The second kappa shape index (κ2) is 3.86. The lowest BCUT2D eigenvalue weighted by Crippen LogP contribution is -2.34. The van der Waals surface area contributed by atoms with Gasteiger partial charge in [0.25, 0.3) is 0 Å². The van der Waals surface area contributed by atoms with Gasteiger partial charge in [-0.2, -0.15) is 0 Å². The number of nitrogens with one attached hydrogen (secondary N) is 1. The van der Waals surface area contributed by atoms with Crippen molar-refractivity contribution < 1.29 is 5.11 Å².